The van der Waals surface area contributed by atoms with Crippen LogP contribution in [-0.2, 0) is 16.0 Å². The third kappa shape index (κ3) is 4.49. The number of H-pyrrole nitrogens is 1. The van der Waals surface area contributed by atoms with Crippen molar-refractivity contribution in [2.75, 3.05) is 26.8 Å². The second-order valence-electron chi connectivity index (χ2n) is 4.49. The van der Waals surface area contributed by atoms with Gasteiger partial charge in [0.1, 0.15) is 0 Å². The number of aromatic nitrogens is 2. The molecule has 1 atom stereocenters. The monoisotopic (exact) mass is 288 g/mol. The van der Waals surface area contributed by atoms with Crippen LogP contribution in [0.5, 0.6) is 0 Å². The highest BCUT2D eigenvalue weighted by molar-refractivity contribution is 5.85. The maximum absolute atomic E-state index is 11.8. The molecule has 1 aromatic rings. The van der Waals surface area contributed by atoms with Crippen molar-refractivity contribution in [2.45, 2.75) is 25.3 Å². The first-order valence-corrected chi connectivity index (χ1v) is 6.32. The molecule has 0 radical (unpaired) electrons. The van der Waals surface area contributed by atoms with Crippen LogP contribution in [0.3, 0.4) is 0 Å². The third-order valence-electron chi connectivity index (χ3n) is 3.14. The number of amides is 1. The molecule has 0 saturated carbocycles. The van der Waals surface area contributed by atoms with E-state index in [1.54, 1.807) is 7.11 Å². The maximum Gasteiger partial charge on any atom is 0.234 e. The molecule has 1 heterocycles. The summed E-state index contributed by atoms with van der Waals surface area (Å²) in [6.45, 7) is 1.62. The Labute approximate surface area is 119 Å². The summed E-state index contributed by atoms with van der Waals surface area (Å²) in [4.78, 5) is 11.8. The Hall–Kier alpha value is -1.11. The van der Waals surface area contributed by atoms with E-state index in [4.69, 9.17) is 4.74 Å². The number of nitrogens with zero attached hydrogens (tertiary/aromatic N) is 1. The van der Waals surface area contributed by atoms with E-state index in [1.165, 1.54) is 5.56 Å². The van der Waals surface area contributed by atoms with Gasteiger partial charge < -0.3 is 15.4 Å². The van der Waals surface area contributed by atoms with Gasteiger partial charge in [0.15, 0.2) is 0 Å². The molecule has 0 spiro atoms. The molecule has 2 rings (SSSR count). The highest BCUT2D eigenvalue weighted by Gasteiger charge is 2.23. The van der Waals surface area contributed by atoms with Crippen LogP contribution in [0.2, 0.25) is 0 Å². The van der Waals surface area contributed by atoms with Gasteiger partial charge in [-0.3, -0.25) is 9.89 Å². The molecule has 3 N–H and O–H groups in total. The van der Waals surface area contributed by atoms with Gasteiger partial charge >= 0.3 is 0 Å². The topological polar surface area (TPSA) is 79.0 Å². The normalized spacial score (nSPS) is 17.4. The first-order valence-electron chi connectivity index (χ1n) is 6.32. The number of hydrogen-bond donors (Lipinski definition) is 3. The molecular formula is C12H21ClN4O2. The van der Waals surface area contributed by atoms with Gasteiger partial charge in [0.2, 0.25) is 5.91 Å². The van der Waals surface area contributed by atoms with Crippen LogP contribution in [0.1, 0.15) is 30.1 Å². The number of carbonyl (C=O) groups excluding carboxylic acids is 1. The SMILES string of the molecule is COCCNCC(=O)NC1CCCc2cn[nH]c21.Cl. The minimum absolute atomic E-state index is 0. The lowest BCUT2D eigenvalue weighted by Gasteiger charge is -2.22. The maximum atomic E-state index is 11.8. The summed E-state index contributed by atoms with van der Waals surface area (Å²) in [5.41, 5.74) is 2.28. The minimum Gasteiger partial charge on any atom is -0.383 e. The number of methoxy groups -OCH3 is 1. The number of nitrogens with one attached hydrogen (secondary N) is 3. The van der Waals surface area contributed by atoms with Gasteiger partial charge in [0.25, 0.3) is 0 Å². The molecular weight excluding hydrogens is 268 g/mol. The second kappa shape index (κ2) is 8.14. The minimum atomic E-state index is 0. The molecule has 1 unspecified atom stereocenters. The molecule has 1 aromatic heterocycles. The number of ether oxygens (including phenoxy) is 1. The molecule has 6 nitrogen and oxygen atoms in total. The smallest absolute Gasteiger partial charge is 0.234 e. The fraction of sp³-hybridized carbons (Fsp3) is 0.667. The zero-order valence-electron chi connectivity index (χ0n) is 11.1. The summed E-state index contributed by atoms with van der Waals surface area (Å²) in [5.74, 6) is 0.0125. The molecule has 0 fully saturated rings. The number of aromatic amines is 1. The van der Waals surface area contributed by atoms with Crippen molar-refractivity contribution in [3.8, 4) is 0 Å². The Morgan fingerprint density at radius 1 is 1.63 bits per heavy atom. The van der Waals surface area contributed by atoms with Crippen LogP contribution < -0.4 is 10.6 Å². The van der Waals surface area contributed by atoms with Gasteiger partial charge in [0, 0.05) is 13.7 Å². The predicted octanol–water partition coefficient (Wildman–Crippen LogP) is 0.561. The van der Waals surface area contributed by atoms with Gasteiger partial charge in [0.05, 0.1) is 31.1 Å². The quantitative estimate of drug-likeness (QED) is 0.669. The zero-order valence-corrected chi connectivity index (χ0v) is 11.9. The summed E-state index contributed by atoms with van der Waals surface area (Å²) in [6.07, 6.45) is 4.96. The molecule has 1 aliphatic carbocycles. The van der Waals surface area contributed by atoms with E-state index in [-0.39, 0.29) is 24.4 Å². The van der Waals surface area contributed by atoms with Crippen molar-refractivity contribution >= 4 is 18.3 Å². The van der Waals surface area contributed by atoms with Crippen molar-refractivity contribution in [1.82, 2.24) is 20.8 Å². The first-order chi connectivity index (χ1) is 8.81. The summed E-state index contributed by atoms with van der Waals surface area (Å²) < 4.78 is 4.90. The summed E-state index contributed by atoms with van der Waals surface area (Å²) >= 11 is 0. The average molecular weight is 289 g/mol. The van der Waals surface area contributed by atoms with Gasteiger partial charge in [-0.1, -0.05) is 0 Å². The Morgan fingerprint density at radius 3 is 3.26 bits per heavy atom. The van der Waals surface area contributed by atoms with E-state index < -0.39 is 0 Å². The number of hydrogen-bond acceptors (Lipinski definition) is 4. The first kappa shape index (κ1) is 15.9. The lowest BCUT2D eigenvalue weighted by atomic mass is 9.94. The Morgan fingerprint density at radius 2 is 2.47 bits per heavy atom. The van der Waals surface area contributed by atoms with Gasteiger partial charge in [-0.15, -0.1) is 12.4 Å². The molecule has 7 heteroatoms. The highest BCUT2D eigenvalue weighted by atomic mass is 35.5. The summed E-state index contributed by atoms with van der Waals surface area (Å²) in [7, 11) is 1.64. The number of halogens is 1. The van der Waals surface area contributed by atoms with Crippen molar-refractivity contribution in [3.05, 3.63) is 17.5 Å². The average Bonchev–Trinajstić information content (AvgIpc) is 2.84. The van der Waals surface area contributed by atoms with E-state index in [1.807, 2.05) is 6.20 Å². The van der Waals surface area contributed by atoms with Gasteiger partial charge in [-0.25, -0.2) is 0 Å². The highest BCUT2D eigenvalue weighted by Crippen LogP contribution is 2.27. The summed E-state index contributed by atoms with van der Waals surface area (Å²) in [6, 6.07) is 0.0768. The number of carbonyl (C=O) groups is 1. The fourth-order valence-corrected chi connectivity index (χ4v) is 2.23. The van der Waals surface area contributed by atoms with E-state index in [0.29, 0.717) is 19.7 Å². The number of rotatable bonds is 6. The second-order valence-corrected chi connectivity index (χ2v) is 4.49. The molecule has 0 bridgehead atoms. The van der Waals surface area contributed by atoms with E-state index in [9.17, 15) is 4.79 Å². The number of fused-ring (bicyclic) bond motifs is 1. The molecule has 0 aliphatic heterocycles. The lowest BCUT2D eigenvalue weighted by molar-refractivity contribution is -0.121. The van der Waals surface area contributed by atoms with Crippen LogP contribution in [0.15, 0.2) is 6.20 Å². The largest absolute Gasteiger partial charge is 0.383 e. The van der Waals surface area contributed by atoms with Crippen LogP contribution in [0.25, 0.3) is 0 Å². The standard InChI is InChI=1S/C12H20N4O2.ClH/c1-18-6-5-13-8-11(17)15-10-4-2-3-9-7-14-16-12(9)10;/h7,10,13H,2-6,8H2,1H3,(H,14,16)(H,15,17);1H. The van der Waals surface area contributed by atoms with Crippen LogP contribution in [0.4, 0.5) is 0 Å². The Balaban J connectivity index is 0.00000180. The predicted molar refractivity (Wildman–Crippen MR) is 74.4 cm³/mol. The Bertz CT molecular complexity index is 397. The van der Waals surface area contributed by atoms with Gasteiger partial charge in [-0.2, -0.15) is 5.10 Å². The van der Waals surface area contributed by atoms with Crippen molar-refractivity contribution in [2.24, 2.45) is 0 Å². The fourth-order valence-electron chi connectivity index (χ4n) is 2.23. The van der Waals surface area contributed by atoms with Crippen LogP contribution in [0, 0.1) is 0 Å². The van der Waals surface area contributed by atoms with Crippen molar-refractivity contribution in [1.29, 1.82) is 0 Å². The number of aryl methyl sites for hydroxylation is 1. The third-order valence-corrected chi connectivity index (χ3v) is 3.14. The van der Waals surface area contributed by atoms with Crippen molar-refractivity contribution < 1.29 is 9.53 Å². The molecule has 19 heavy (non-hydrogen) atoms. The molecule has 0 saturated heterocycles. The van der Waals surface area contributed by atoms with Gasteiger partial charge in [-0.05, 0) is 24.8 Å². The molecule has 1 aliphatic rings. The molecule has 1 amide bonds. The van der Waals surface area contributed by atoms with E-state index >= 15 is 0 Å². The molecule has 0 aromatic carbocycles. The van der Waals surface area contributed by atoms with Crippen molar-refractivity contribution in [3.63, 3.8) is 0 Å². The van der Waals surface area contributed by atoms with Crippen LogP contribution in [-0.4, -0.2) is 42.9 Å². The van der Waals surface area contributed by atoms with Crippen LogP contribution >= 0.6 is 12.4 Å². The van der Waals surface area contributed by atoms with E-state index in [0.717, 1.165) is 25.0 Å². The van der Waals surface area contributed by atoms with E-state index in [2.05, 4.69) is 20.8 Å². The lowest BCUT2D eigenvalue weighted by Crippen LogP contribution is -2.38. The zero-order chi connectivity index (χ0) is 12.8. The Kier molecular flexibility index (Phi) is 6.83. The summed E-state index contributed by atoms with van der Waals surface area (Å²) in [5, 5.41) is 13.1. The molecule has 108 valence electrons.